The van der Waals surface area contributed by atoms with E-state index in [0.29, 0.717) is 6.54 Å². The van der Waals surface area contributed by atoms with Gasteiger partial charge >= 0.3 is 5.96 Å². The van der Waals surface area contributed by atoms with Gasteiger partial charge < -0.3 is 0 Å². The first kappa shape index (κ1) is 14.9. The minimum absolute atomic E-state index is 0.241. The van der Waals surface area contributed by atoms with Gasteiger partial charge in [-0.1, -0.05) is 12.1 Å². The minimum atomic E-state index is 0.241. The van der Waals surface area contributed by atoms with E-state index >= 15 is 0 Å². The molecule has 0 atom stereocenters. The highest BCUT2D eigenvalue weighted by Crippen LogP contribution is 2.05. The maximum absolute atomic E-state index is 5.42. The molecule has 0 fully saturated rings. The summed E-state index contributed by atoms with van der Waals surface area (Å²) in [4.78, 5) is 13.9. The Balaban J connectivity index is 2.01. The van der Waals surface area contributed by atoms with Gasteiger partial charge in [0.05, 0.1) is 17.9 Å². The van der Waals surface area contributed by atoms with E-state index in [-0.39, 0.29) is 5.96 Å². The summed E-state index contributed by atoms with van der Waals surface area (Å²) in [7, 11) is 0. The van der Waals surface area contributed by atoms with Crippen LogP contribution in [0, 0.1) is 0 Å². The number of nitrogens with one attached hydrogen (secondary N) is 1. The molecular formula is C15H21N6+. The highest BCUT2D eigenvalue weighted by atomic mass is 15.1. The van der Waals surface area contributed by atoms with Crippen LogP contribution in [0.1, 0.15) is 11.4 Å². The number of pyridine rings is 2. The summed E-state index contributed by atoms with van der Waals surface area (Å²) in [6.45, 7) is 2.99. The van der Waals surface area contributed by atoms with Crippen LogP contribution in [0.15, 0.2) is 48.8 Å². The molecule has 2 aromatic heterocycles. The molecule has 5 N–H and O–H groups in total. The molecule has 0 aliphatic rings. The van der Waals surface area contributed by atoms with E-state index in [1.807, 2.05) is 36.4 Å². The van der Waals surface area contributed by atoms with Gasteiger partial charge in [0.15, 0.2) is 0 Å². The fraction of sp³-hybridized carbons (Fsp3) is 0.267. The summed E-state index contributed by atoms with van der Waals surface area (Å²) in [5.41, 5.74) is 12.9. The van der Waals surface area contributed by atoms with Gasteiger partial charge in [0.25, 0.3) is 0 Å². The Morgan fingerprint density at radius 2 is 1.52 bits per heavy atom. The number of guanidine groups is 1. The summed E-state index contributed by atoms with van der Waals surface area (Å²) in [5, 5.41) is 0. The van der Waals surface area contributed by atoms with Crippen LogP contribution in [0.5, 0.6) is 0 Å². The third-order valence-electron chi connectivity index (χ3n) is 2.98. The zero-order chi connectivity index (χ0) is 14.9. The van der Waals surface area contributed by atoms with Crippen LogP contribution < -0.4 is 16.5 Å². The molecule has 0 amide bonds. The average Bonchev–Trinajstić information content (AvgIpc) is 2.49. The third-order valence-corrected chi connectivity index (χ3v) is 2.98. The predicted octanol–water partition coefficient (Wildman–Crippen LogP) is -1.17. The SMILES string of the molecule is NC(N)=[NH+]CCN(Cc1ccccn1)Cc1ccccn1. The first-order chi connectivity index (χ1) is 10.2. The highest BCUT2D eigenvalue weighted by Gasteiger charge is 2.08. The van der Waals surface area contributed by atoms with Gasteiger partial charge in [-0.2, -0.15) is 0 Å². The predicted molar refractivity (Wildman–Crippen MR) is 81.8 cm³/mol. The molecule has 0 radical (unpaired) electrons. The second-order valence-corrected chi connectivity index (χ2v) is 4.73. The van der Waals surface area contributed by atoms with Crippen molar-refractivity contribution in [2.45, 2.75) is 13.1 Å². The van der Waals surface area contributed by atoms with E-state index in [0.717, 1.165) is 31.0 Å². The molecule has 0 aliphatic heterocycles. The largest absolute Gasteiger partial charge is 0.338 e. The summed E-state index contributed by atoms with van der Waals surface area (Å²) in [5.74, 6) is 0.241. The molecule has 2 heterocycles. The summed E-state index contributed by atoms with van der Waals surface area (Å²) >= 11 is 0. The fourth-order valence-corrected chi connectivity index (χ4v) is 2.01. The molecule has 0 aromatic carbocycles. The molecule has 110 valence electrons. The van der Waals surface area contributed by atoms with Gasteiger partial charge in [-0.05, 0) is 24.3 Å². The Labute approximate surface area is 124 Å². The van der Waals surface area contributed by atoms with Crippen LogP contribution in [0.3, 0.4) is 0 Å². The van der Waals surface area contributed by atoms with E-state index in [1.54, 1.807) is 12.4 Å². The number of nitrogens with zero attached hydrogens (tertiary/aromatic N) is 3. The van der Waals surface area contributed by atoms with E-state index in [4.69, 9.17) is 11.5 Å². The smallest absolute Gasteiger partial charge is 0.291 e. The zero-order valence-electron chi connectivity index (χ0n) is 11.9. The van der Waals surface area contributed by atoms with Crippen LogP contribution in [0.2, 0.25) is 0 Å². The molecule has 0 saturated carbocycles. The van der Waals surface area contributed by atoms with Crippen molar-refractivity contribution < 1.29 is 4.99 Å². The maximum atomic E-state index is 5.42. The van der Waals surface area contributed by atoms with Gasteiger partial charge in [-0.15, -0.1) is 0 Å². The van der Waals surface area contributed by atoms with Gasteiger partial charge in [0, 0.05) is 32.0 Å². The van der Waals surface area contributed by atoms with Crippen LogP contribution >= 0.6 is 0 Å². The van der Waals surface area contributed by atoms with Crippen LogP contribution in [-0.2, 0) is 13.1 Å². The fourth-order valence-electron chi connectivity index (χ4n) is 2.01. The average molecular weight is 285 g/mol. The number of aromatic nitrogens is 2. The van der Waals surface area contributed by atoms with Gasteiger partial charge in [-0.3, -0.25) is 31.3 Å². The van der Waals surface area contributed by atoms with E-state index in [9.17, 15) is 0 Å². The van der Waals surface area contributed by atoms with E-state index < -0.39 is 0 Å². The van der Waals surface area contributed by atoms with Crippen LogP contribution in [0.4, 0.5) is 0 Å². The van der Waals surface area contributed by atoms with Crippen molar-refractivity contribution in [2.75, 3.05) is 13.1 Å². The van der Waals surface area contributed by atoms with Gasteiger partial charge in [0.1, 0.15) is 0 Å². The molecular weight excluding hydrogens is 264 g/mol. The molecule has 6 nitrogen and oxygen atoms in total. The van der Waals surface area contributed by atoms with E-state index in [1.165, 1.54) is 0 Å². The Morgan fingerprint density at radius 3 is 1.95 bits per heavy atom. The molecule has 2 rings (SSSR count). The van der Waals surface area contributed by atoms with Crippen molar-refractivity contribution in [3.8, 4) is 0 Å². The topological polar surface area (TPSA) is 95.0 Å². The van der Waals surface area contributed by atoms with Crippen LogP contribution in [0.25, 0.3) is 0 Å². The standard InChI is InChI=1S/C15H20N6/c16-15(17)20-9-10-21(11-13-5-1-3-7-18-13)12-14-6-2-4-8-19-14/h1-8H,9-12H2,(H4,16,17,20)/p+1. The molecule has 21 heavy (non-hydrogen) atoms. The monoisotopic (exact) mass is 285 g/mol. The third kappa shape index (κ3) is 5.58. The lowest BCUT2D eigenvalue weighted by Crippen LogP contribution is -2.79. The Hall–Kier alpha value is -2.47. The molecule has 0 saturated heterocycles. The van der Waals surface area contributed by atoms with Crippen LogP contribution in [-0.4, -0.2) is 33.9 Å². The van der Waals surface area contributed by atoms with E-state index in [2.05, 4.69) is 19.9 Å². The summed E-state index contributed by atoms with van der Waals surface area (Å²) in [6.07, 6.45) is 3.61. The van der Waals surface area contributed by atoms with Gasteiger partial charge in [0.2, 0.25) is 0 Å². The van der Waals surface area contributed by atoms with Gasteiger partial charge in [-0.25, -0.2) is 0 Å². The van der Waals surface area contributed by atoms with Crippen molar-refractivity contribution >= 4 is 5.96 Å². The lowest BCUT2D eigenvalue weighted by atomic mass is 10.3. The Morgan fingerprint density at radius 1 is 0.952 bits per heavy atom. The summed E-state index contributed by atoms with van der Waals surface area (Å²) < 4.78 is 0. The summed E-state index contributed by atoms with van der Waals surface area (Å²) in [6, 6.07) is 11.8. The Bertz CT molecular complexity index is 509. The van der Waals surface area contributed by atoms with Crippen molar-refractivity contribution in [3.63, 3.8) is 0 Å². The lowest BCUT2D eigenvalue weighted by Gasteiger charge is -2.20. The molecule has 0 spiro atoms. The first-order valence-corrected chi connectivity index (χ1v) is 6.88. The molecule has 0 unspecified atom stereocenters. The Kier molecular flexibility index (Phi) is 5.66. The number of rotatable bonds is 7. The quantitative estimate of drug-likeness (QED) is 0.440. The number of nitrogens with two attached hydrogens (primary N) is 2. The van der Waals surface area contributed by atoms with Crippen molar-refractivity contribution in [1.29, 1.82) is 0 Å². The second kappa shape index (κ2) is 7.96. The number of hydrogen-bond donors (Lipinski definition) is 3. The lowest BCUT2D eigenvalue weighted by molar-refractivity contribution is -0.459. The second-order valence-electron chi connectivity index (χ2n) is 4.73. The number of hydrogen-bond acceptors (Lipinski definition) is 3. The molecule has 6 heteroatoms. The maximum Gasteiger partial charge on any atom is 0.338 e. The molecule has 0 aliphatic carbocycles. The highest BCUT2D eigenvalue weighted by molar-refractivity contribution is 5.69. The van der Waals surface area contributed by atoms with Crippen molar-refractivity contribution in [1.82, 2.24) is 14.9 Å². The first-order valence-electron chi connectivity index (χ1n) is 6.88. The zero-order valence-corrected chi connectivity index (χ0v) is 11.9. The molecule has 2 aromatic rings. The normalized spacial score (nSPS) is 10.5. The van der Waals surface area contributed by atoms with Crippen molar-refractivity contribution in [2.24, 2.45) is 11.5 Å². The van der Waals surface area contributed by atoms with Crippen molar-refractivity contribution in [3.05, 3.63) is 60.2 Å². The molecule has 0 bridgehead atoms. The minimum Gasteiger partial charge on any atom is -0.291 e.